The molecule has 0 atom stereocenters. The van der Waals surface area contributed by atoms with E-state index in [1.165, 1.54) is 20.3 Å². The highest BCUT2D eigenvalue weighted by Gasteiger charge is 2.30. The van der Waals surface area contributed by atoms with Gasteiger partial charge in [-0.2, -0.15) is 13.2 Å². The van der Waals surface area contributed by atoms with Crippen LogP contribution in [0.2, 0.25) is 0 Å². The Kier molecular flexibility index (Phi) is 4.84. The summed E-state index contributed by atoms with van der Waals surface area (Å²) in [6.07, 6.45) is -4.81. The fraction of sp³-hybridized carbons (Fsp3) is 0.500. The number of nitrogens with two attached hydrogens (primary N) is 1. The van der Waals surface area contributed by atoms with Crippen molar-refractivity contribution in [2.45, 2.75) is 19.0 Å². The molecule has 0 saturated heterocycles. The van der Waals surface area contributed by atoms with E-state index in [2.05, 4.69) is 0 Å². The molecule has 0 saturated carbocycles. The van der Waals surface area contributed by atoms with Crippen LogP contribution < -0.4 is 15.2 Å². The molecule has 2 N–H and O–H groups in total. The molecule has 1 aromatic carbocycles. The Balaban J connectivity index is 3.17. The molecule has 3 nitrogen and oxygen atoms in total. The smallest absolute Gasteiger partial charge is 0.393 e. The van der Waals surface area contributed by atoms with E-state index < -0.39 is 12.6 Å². The number of hydrogen-bond donors (Lipinski definition) is 1. The SMILES string of the molecule is COc1cc(CC(F)(F)F)c(OC)cc1CCN. The molecule has 0 spiro atoms. The molecule has 102 valence electrons. The van der Waals surface area contributed by atoms with Gasteiger partial charge in [-0.15, -0.1) is 0 Å². The Labute approximate surface area is 104 Å². The molecule has 0 radical (unpaired) electrons. The van der Waals surface area contributed by atoms with Gasteiger partial charge in [0.25, 0.3) is 0 Å². The molecule has 0 unspecified atom stereocenters. The van der Waals surface area contributed by atoms with Gasteiger partial charge in [0.15, 0.2) is 0 Å². The Bertz CT molecular complexity index is 405. The van der Waals surface area contributed by atoms with Crippen molar-refractivity contribution in [1.82, 2.24) is 0 Å². The van der Waals surface area contributed by atoms with Gasteiger partial charge in [0, 0.05) is 5.56 Å². The Morgan fingerprint density at radius 2 is 1.56 bits per heavy atom. The van der Waals surface area contributed by atoms with Crippen LogP contribution in [0.5, 0.6) is 11.5 Å². The van der Waals surface area contributed by atoms with Crippen molar-refractivity contribution in [3.63, 3.8) is 0 Å². The monoisotopic (exact) mass is 263 g/mol. The van der Waals surface area contributed by atoms with Crippen LogP contribution in [0.1, 0.15) is 11.1 Å². The zero-order valence-corrected chi connectivity index (χ0v) is 10.3. The lowest BCUT2D eigenvalue weighted by atomic mass is 10.0. The topological polar surface area (TPSA) is 44.5 Å². The first kappa shape index (κ1) is 14.6. The standard InChI is InChI=1S/C12H16F3NO2/c1-17-10-6-9(7-12(13,14)15)11(18-2)5-8(10)3-4-16/h5-6H,3-4,7,16H2,1-2H3. The fourth-order valence-electron chi connectivity index (χ4n) is 1.73. The first-order valence-electron chi connectivity index (χ1n) is 5.42. The third-order valence-corrected chi connectivity index (χ3v) is 2.49. The van der Waals surface area contributed by atoms with Crippen molar-refractivity contribution < 1.29 is 22.6 Å². The van der Waals surface area contributed by atoms with E-state index in [0.717, 1.165) is 5.56 Å². The summed E-state index contributed by atoms with van der Waals surface area (Å²) < 4.78 is 47.3. The van der Waals surface area contributed by atoms with E-state index in [1.807, 2.05) is 0 Å². The molecule has 0 aromatic heterocycles. The van der Waals surface area contributed by atoms with Crippen LogP contribution in [0, 0.1) is 0 Å². The fourth-order valence-corrected chi connectivity index (χ4v) is 1.73. The van der Waals surface area contributed by atoms with Gasteiger partial charge in [0.2, 0.25) is 0 Å². The number of alkyl halides is 3. The van der Waals surface area contributed by atoms with Gasteiger partial charge in [0.05, 0.1) is 20.6 Å². The lowest BCUT2D eigenvalue weighted by Gasteiger charge is -2.15. The van der Waals surface area contributed by atoms with E-state index in [-0.39, 0.29) is 11.3 Å². The lowest BCUT2D eigenvalue weighted by Crippen LogP contribution is -2.13. The first-order chi connectivity index (χ1) is 8.41. The highest BCUT2D eigenvalue weighted by Crippen LogP contribution is 2.33. The minimum absolute atomic E-state index is 0.0580. The predicted molar refractivity (Wildman–Crippen MR) is 62.1 cm³/mol. The van der Waals surface area contributed by atoms with Gasteiger partial charge in [-0.3, -0.25) is 0 Å². The number of hydrogen-bond acceptors (Lipinski definition) is 3. The van der Waals surface area contributed by atoms with Gasteiger partial charge >= 0.3 is 6.18 Å². The summed E-state index contributed by atoms with van der Waals surface area (Å²) in [5.41, 5.74) is 6.24. The normalized spacial score (nSPS) is 11.4. The molecule has 1 rings (SSSR count). The van der Waals surface area contributed by atoms with E-state index >= 15 is 0 Å². The molecule has 1 aromatic rings. The van der Waals surface area contributed by atoms with E-state index in [9.17, 15) is 13.2 Å². The second-order valence-corrected chi connectivity index (χ2v) is 3.81. The molecular formula is C12H16F3NO2. The average Bonchev–Trinajstić information content (AvgIpc) is 2.28. The predicted octanol–water partition coefficient (Wildman–Crippen LogP) is 2.31. The molecular weight excluding hydrogens is 247 g/mol. The second-order valence-electron chi connectivity index (χ2n) is 3.81. The van der Waals surface area contributed by atoms with Crippen molar-refractivity contribution in [2.24, 2.45) is 5.73 Å². The zero-order chi connectivity index (χ0) is 13.8. The summed E-state index contributed by atoms with van der Waals surface area (Å²) in [6, 6.07) is 2.91. The number of halogens is 3. The largest absolute Gasteiger partial charge is 0.496 e. The number of benzene rings is 1. The van der Waals surface area contributed by atoms with E-state index in [4.69, 9.17) is 15.2 Å². The van der Waals surface area contributed by atoms with Gasteiger partial charge < -0.3 is 15.2 Å². The summed E-state index contributed by atoms with van der Waals surface area (Å²) in [5, 5.41) is 0. The van der Waals surface area contributed by atoms with Crippen LogP contribution in [0.3, 0.4) is 0 Å². The van der Waals surface area contributed by atoms with Crippen LogP contribution in [-0.2, 0) is 12.8 Å². The molecule has 18 heavy (non-hydrogen) atoms. The van der Waals surface area contributed by atoms with Crippen molar-refractivity contribution in [3.05, 3.63) is 23.3 Å². The number of rotatable bonds is 5. The van der Waals surface area contributed by atoms with Gasteiger partial charge in [-0.25, -0.2) is 0 Å². The van der Waals surface area contributed by atoms with Crippen molar-refractivity contribution in [1.29, 1.82) is 0 Å². The molecule has 0 heterocycles. The maximum Gasteiger partial charge on any atom is 0.393 e. The van der Waals surface area contributed by atoms with E-state index in [0.29, 0.717) is 18.7 Å². The number of ether oxygens (including phenoxy) is 2. The highest BCUT2D eigenvalue weighted by atomic mass is 19.4. The Morgan fingerprint density at radius 1 is 1.06 bits per heavy atom. The summed E-state index contributed by atoms with van der Waals surface area (Å²) in [4.78, 5) is 0. The first-order valence-corrected chi connectivity index (χ1v) is 5.42. The summed E-state index contributed by atoms with van der Waals surface area (Å²) in [6.45, 7) is 0.387. The second kappa shape index (κ2) is 5.95. The minimum atomic E-state index is -4.28. The summed E-state index contributed by atoms with van der Waals surface area (Å²) >= 11 is 0. The maximum atomic E-state index is 12.4. The highest BCUT2D eigenvalue weighted by molar-refractivity contribution is 5.47. The molecule has 0 aliphatic rings. The van der Waals surface area contributed by atoms with Gasteiger partial charge in [0.1, 0.15) is 11.5 Å². The molecule has 0 aliphatic heterocycles. The quantitative estimate of drug-likeness (QED) is 0.886. The maximum absolute atomic E-state index is 12.4. The van der Waals surface area contributed by atoms with Crippen LogP contribution in [0.4, 0.5) is 13.2 Å². The molecule has 0 bridgehead atoms. The Hall–Kier alpha value is -1.43. The Morgan fingerprint density at radius 3 is 2.00 bits per heavy atom. The summed E-state index contributed by atoms with van der Waals surface area (Å²) in [5.74, 6) is 0.608. The van der Waals surface area contributed by atoms with Crippen LogP contribution in [-0.4, -0.2) is 26.9 Å². The third-order valence-electron chi connectivity index (χ3n) is 2.49. The minimum Gasteiger partial charge on any atom is -0.496 e. The third kappa shape index (κ3) is 3.80. The van der Waals surface area contributed by atoms with Crippen LogP contribution in [0.15, 0.2) is 12.1 Å². The molecule has 0 fully saturated rings. The van der Waals surface area contributed by atoms with Crippen LogP contribution >= 0.6 is 0 Å². The van der Waals surface area contributed by atoms with Gasteiger partial charge in [-0.05, 0) is 30.7 Å². The molecule has 0 amide bonds. The molecule has 0 aliphatic carbocycles. The number of methoxy groups -OCH3 is 2. The molecule has 6 heteroatoms. The van der Waals surface area contributed by atoms with Crippen molar-refractivity contribution >= 4 is 0 Å². The van der Waals surface area contributed by atoms with Crippen molar-refractivity contribution in [3.8, 4) is 11.5 Å². The lowest BCUT2D eigenvalue weighted by molar-refractivity contribution is -0.127. The van der Waals surface area contributed by atoms with Crippen molar-refractivity contribution in [2.75, 3.05) is 20.8 Å². The van der Waals surface area contributed by atoms with Gasteiger partial charge in [-0.1, -0.05) is 0 Å². The zero-order valence-electron chi connectivity index (χ0n) is 10.3. The van der Waals surface area contributed by atoms with Crippen LogP contribution in [0.25, 0.3) is 0 Å². The average molecular weight is 263 g/mol. The summed E-state index contributed by atoms with van der Waals surface area (Å²) in [7, 11) is 2.76. The van der Waals surface area contributed by atoms with E-state index in [1.54, 1.807) is 6.07 Å².